The Morgan fingerprint density at radius 3 is 2.59 bits per heavy atom. The Bertz CT molecular complexity index is 795. The molecule has 0 radical (unpaired) electrons. The molecule has 3 amide bonds. The minimum absolute atomic E-state index is 0.000526. The zero-order chi connectivity index (χ0) is 21.3. The van der Waals surface area contributed by atoms with Gasteiger partial charge in [0.15, 0.2) is 0 Å². The van der Waals surface area contributed by atoms with Crippen LogP contribution in [0.1, 0.15) is 50.9 Å². The molecule has 0 saturated carbocycles. The summed E-state index contributed by atoms with van der Waals surface area (Å²) in [6.07, 6.45) is 1.36. The number of hydrogen-bond donors (Lipinski definition) is 1. The molecule has 1 N–H and O–H groups in total. The van der Waals surface area contributed by atoms with Crippen LogP contribution in [-0.4, -0.2) is 58.7 Å². The molecule has 0 unspecified atom stereocenters. The molecule has 2 aliphatic rings. The van der Waals surface area contributed by atoms with Crippen molar-refractivity contribution in [3.8, 4) is 0 Å². The Balaban J connectivity index is 1.81. The minimum atomic E-state index is -0.241. The number of nitrogens with zero attached hydrogens (tertiary/aromatic N) is 2. The SMILES string of the molecule is CC(C)C[C@H]1[C@@H](C(=O)NC(C)C)C[C@H]2CN(C(=O)c3cccc(Cl)c3)CC(=O)N21. The Morgan fingerprint density at radius 2 is 1.97 bits per heavy atom. The van der Waals surface area contributed by atoms with Crippen LogP contribution in [0.5, 0.6) is 0 Å². The number of benzene rings is 1. The summed E-state index contributed by atoms with van der Waals surface area (Å²) in [5, 5.41) is 3.50. The summed E-state index contributed by atoms with van der Waals surface area (Å²) in [6.45, 7) is 8.57. The second-order valence-corrected chi connectivity index (χ2v) is 9.29. The summed E-state index contributed by atoms with van der Waals surface area (Å²) in [4.78, 5) is 42.3. The van der Waals surface area contributed by atoms with Gasteiger partial charge in [0.25, 0.3) is 5.91 Å². The third-order valence-electron chi connectivity index (χ3n) is 5.63. The Hall–Kier alpha value is -2.08. The zero-order valence-corrected chi connectivity index (χ0v) is 18.3. The third-order valence-corrected chi connectivity index (χ3v) is 5.86. The predicted octanol–water partition coefficient (Wildman–Crippen LogP) is 2.95. The monoisotopic (exact) mass is 419 g/mol. The molecule has 3 rings (SSSR count). The van der Waals surface area contributed by atoms with Crippen molar-refractivity contribution in [3.05, 3.63) is 34.9 Å². The lowest BCUT2D eigenvalue weighted by Gasteiger charge is -2.40. The molecular formula is C22H30ClN3O3. The first-order chi connectivity index (χ1) is 13.7. The Morgan fingerprint density at radius 1 is 1.24 bits per heavy atom. The molecule has 0 aromatic heterocycles. The molecule has 0 bridgehead atoms. The van der Waals surface area contributed by atoms with Crippen LogP contribution in [0.3, 0.4) is 0 Å². The number of rotatable bonds is 5. The molecule has 2 fully saturated rings. The molecule has 2 aliphatic heterocycles. The molecule has 6 nitrogen and oxygen atoms in total. The van der Waals surface area contributed by atoms with E-state index in [4.69, 9.17) is 11.6 Å². The highest BCUT2D eigenvalue weighted by atomic mass is 35.5. The Kier molecular flexibility index (Phi) is 6.52. The van der Waals surface area contributed by atoms with Gasteiger partial charge in [-0.2, -0.15) is 0 Å². The van der Waals surface area contributed by atoms with E-state index in [1.807, 2.05) is 18.7 Å². The molecule has 0 aliphatic carbocycles. The van der Waals surface area contributed by atoms with Gasteiger partial charge in [0.1, 0.15) is 6.54 Å². The van der Waals surface area contributed by atoms with Crippen LogP contribution in [-0.2, 0) is 9.59 Å². The largest absolute Gasteiger partial charge is 0.354 e. The number of hydrogen-bond acceptors (Lipinski definition) is 3. The standard InChI is InChI=1S/C22H30ClN3O3/c1-13(2)8-19-18(21(28)24-14(3)4)10-17-11-25(12-20(27)26(17)19)22(29)15-6-5-7-16(23)9-15/h5-7,9,13-14,17-19H,8,10-12H2,1-4H3,(H,24,28)/t17-,18-,19-/m0/s1. The van der Waals surface area contributed by atoms with Gasteiger partial charge >= 0.3 is 0 Å². The summed E-state index contributed by atoms with van der Waals surface area (Å²) in [5.41, 5.74) is 0.476. The van der Waals surface area contributed by atoms with E-state index in [1.54, 1.807) is 29.2 Å². The van der Waals surface area contributed by atoms with Crippen molar-refractivity contribution in [2.75, 3.05) is 13.1 Å². The molecule has 158 valence electrons. The van der Waals surface area contributed by atoms with Gasteiger partial charge in [-0.3, -0.25) is 14.4 Å². The van der Waals surface area contributed by atoms with Crippen molar-refractivity contribution in [2.24, 2.45) is 11.8 Å². The van der Waals surface area contributed by atoms with Crippen LogP contribution < -0.4 is 5.32 Å². The number of carbonyl (C=O) groups excluding carboxylic acids is 3. The van der Waals surface area contributed by atoms with Crippen LogP contribution in [0.15, 0.2) is 24.3 Å². The molecule has 29 heavy (non-hydrogen) atoms. The lowest BCUT2D eigenvalue weighted by molar-refractivity contribution is -0.140. The maximum absolute atomic E-state index is 13.0. The van der Waals surface area contributed by atoms with Gasteiger partial charge in [-0.05, 0) is 50.8 Å². The summed E-state index contributed by atoms with van der Waals surface area (Å²) >= 11 is 6.02. The van der Waals surface area contributed by atoms with E-state index in [2.05, 4.69) is 19.2 Å². The van der Waals surface area contributed by atoms with E-state index >= 15 is 0 Å². The van der Waals surface area contributed by atoms with Crippen LogP contribution in [0.2, 0.25) is 5.02 Å². The molecular weight excluding hydrogens is 390 g/mol. The number of carbonyl (C=O) groups is 3. The van der Waals surface area contributed by atoms with E-state index in [0.717, 1.165) is 6.42 Å². The quantitative estimate of drug-likeness (QED) is 0.797. The predicted molar refractivity (Wildman–Crippen MR) is 113 cm³/mol. The Labute approximate surface area is 177 Å². The topological polar surface area (TPSA) is 69.7 Å². The zero-order valence-electron chi connectivity index (χ0n) is 17.5. The van der Waals surface area contributed by atoms with Crippen LogP contribution in [0.25, 0.3) is 0 Å². The number of nitrogens with one attached hydrogen (secondary N) is 1. The lowest BCUT2D eigenvalue weighted by Crippen LogP contribution is -2.58. The van der Waals surface area contributed by atoms with Gasteiger partial charge in [0, 0.05) is 29.2 Å². The number of halogens is 1. The van der Waals surface area contributed by atoms with Crippen molar-refractivity contribution in [2.45, 2.75) is 58.7 Å². The van der Waals surface area contributed by atoms with Crippen molar-refractivity contribution >= 4 is 29.3 Å². The average molecular weight is 420 g/mol. The average Bonchev–Trinajstić information content (AvgIpc) is 2.99. The fourth-order valence-electron chi connectivity index (χ4n) is 4.54. The summed E-state index contributed by atoms with van der Waals surface area (Å²) in [5.74, 6) is -0.152. The second-order valence-electron chi connectivity index (χ2n) is 8.85. The first kappa shape index (κ1) is 21.6. The molecule has 1 aromatic carbocycles. The van der Waals surface area contributed by atoms with Crippen LogP contribution in [0.4, 0.5) is 0 Å². The minimum Gasteiger partial charge on any atom is -0.354 e. The molecule has 2 saturated heterocycles. The second kappa shape index (κ2) is 8.74. The lowest BCUT2D eigenvalue weighted by atomic mass is 9.91. The van der Waals surface area contributed by atoms with E-state index < -0.39 is 0 Å². The highest BCUT2D eigenvalue weighted by Crippen LogP contribution is 2.37. The number of piperazine rings is 1. The molecule has 0 spiro atoms. The van der Waals surface area contributed by atoms with Crippen molar-refractivity contribution in [3.63, 3.8) is 0 Å². The normalized spacial score (nSPS) is 24.2. The smallest absolute Gasteiger partial charge is 0.254 e. The molecule has 3 atom stereocenters. The fraction of sp³-hybridized carbons (Fsp3) is 0.591. The first-order valence-electron chi connectivity index (χ1n) is 10.3. The van der Waals surface area contributed by atoms with Gasteiger partial charge in [-0.15, -0.1) is 0 Å². The number of amides is 3. The van der Waals surface area contributed by atoms with Crippen molar-refractivity contribution in [1.29, 1.82) is 0 Å². The van der Waals surface area contributed by atoms with Crippen LogP contribution in [0, 0.1) is 11.8 Å². The summed E-state index contributed by atoms with van der Waals surface area (Å²) in [7, 11) is 0. The van der Waals surface area contributed by atoms with E-state index in [1.165, 1.54) is 0 Å². The highest BCUT2D eigenvalue weighted by molar-refractivity contribution is 6.31. The molecule has 1 aromatic rings. The van der Waals surface area contributed by atoms with E-state index in [0.29, 0.717) is 29.5 Å². The van der Waals surface area contributed by atoms with Gasteiger partial charge in [-0.1, -0.05) is 31.5 Å². The van der Waals surface area contributed by atoms with Crippen molar-refractivity contribution in [1.82, 2.24) is 15.1 Å². The first-order valence-corrected chi connectivity index (χ1v) is 10.7. The number of fused-ring (bicyclic) bond motifs is 1. The maximum atomic E-state index is 13.0. The van der Waals surface area contributed by atoms with Gasteiger partial charge in [0.2, 0.25) is 11.8 Å². The van der Waals surface area contributed by atoms with Gasteiger partial charge < -0.3 is 15.1 Å². The molecule has 2 heterocycles. The summed E-state index contributed by atoms with van der Waals surface area (Å²) < 4.78 is 0. The van der Waals surface area contributed by atoms with Crippen molar-refractivity contribution < 1.29 is 14.4 Å². The maximum Gasteiger partial charge on any atom is 0.254 e. The van der Waals surface area contributed by atoms with Gasteiger partial charge in [-0.25, -0.2) is 0 Å². The fourth-order valence-corrected chi connectivity index (χ4v) is 4.73. The third kappa shape index (κ3) is 4.74. The van der Waals surface area contributed by atoms with E-state index in [-0.39, 0.29) is 48.3 Å². The highest BCUT2D eigenvalue weighted by Gasteiger charge is 2.50. The van der Waals surface area contributed by atoms with Gasteiger partial charge in [0.05, 0.1) is 12.0 Å². The van der Waals surface area contributed by atoms with E-state index in [9.17, 15) is 14.4 Å². The summed E-state index contributed by atoms with van der Waals surface area (Å²) in [6, 6.07) is 6.58. The molecule has 7 heteroatoms. The van der Waals surface area contributed by atoms with Crippen LogP contribution >= 0.6 is 11.6 Å².